The number of hydrogen-bond donors (Lipinski definition) is 0. The topological polar surface area (TPSA) is 72.9 Å². The molecule has 0 N–H and O–H groups in total. The zero-order valence-electron chi connectivity index (χ0n) is 17.1. The van der Waals surface area contributed by atoms with E-state index in [-0.39, 0.29) is 15.5 Å². The Bertz CT molecular complexity index is 1140. The van der Waals surface area contributed by atoms with E-state index in [1.165, 1.54) is 22.5 Å². The van der Waals surface area contributed by atoms with Gasteiger partial charge in [-0.15, -0.1) is 0 Å². The Hall–Kier alpha value is -2.87. The third-order valence-electron chi connectivity index (χ3n) is 4.50. The van der Waals surface area contributed by atoms with Gasteiger partial charge in [0.25, 0.3) is 0 Å². The molecule has 0 radical (unpaired) electrons. The lowest BCUT2D eigenvalue weighted by Crippen LogP contribution is -2.31. The number of rotatable bonds is 8. The van der Waals surface area contributed by atoms with E-state index >= 15 is 0 Å². The second kappa shape index (κ2) is 9.96. The molecule has 6 nitrogen and oxygen atoms in total. The number of ether oxygens (including phenoxy) is 2. The minimum atomic E-state index is -3.82. The monoisotopic (exact) mass is 459 g/mol. The Morgan fingerprint density at radius 1 is 0.871 bits per heavy atom. The first-order chi connectivity index (χ1) is 14.8. The third kappa shape index (κ3) is 5.44. The lowest BCUT2D eigenvalue weighted by molar-refractivity contribution is 0.0734. The summed E-state index contributed by atoms with van der Waals surface area (Å²) in [6, 6.07) is 19.9. The van der Waals surface area contributed by atoms with Gasteiger partial charge in [-0.2, -0.15) is 4.31 Å². The lowest BCUT2D eigenvalue weighted by atomic mass is 10.2. The average Bonchev–Trinajstić information content (AvgIpc) is 2.76. The van der Waals surface area contributed by atoms with Crippen molar-refractivity contribution >= 4 is 27.6 Å². The molecule has 8 heteroatoms. The molecule has 0 aliphatic heterocycles. The van der Waals surface area contributed by atoms with E-state index in [1.54, 1.807) is 38.1 Å². The Morgan fingerprint density at radius 2 is 1.45 bits per heavy atom. The molecule has 3 rings (SSSR count). The van der Waals surface area contributed by atoms with Crippen LogP contribution in [0.4, 0.5) is 0 Å². The van der Waals surface area contributed by atoms with Gasteiger partial charge in [0.15, 0.2) is 0 Å². The van der Waals surface area contributed by atoms with E-state index in [1.807, 2.05) is 30.3 Å². The van der Waals surface area contributed by atoms with Crippen molar-refractivity contribution < 1.29 is 22.7 Å². The van der Waals surface area contributed by atoms with Crippen LogP contribution in [-0.2, 0) is 10.0 Å². The molecule has 31 heavy (non-hydrogen) atoms. The van der Waals surface area contributed by atoms with Gasteiger partial charge in [0, 0.05) is 13.1 Å². The standard InChI is InChI=1S/C23H22ClNO5S/c1-3-25(4-2)31(27,28)22-16-17(10-15-21(22)24)23(26)30-20-13-11-19(12-14-20)29-18-8-6-5-7-9-18/h5-16H,3-4H2,1-2H3. The predicted octanol–water partition coefficient (Wildman–Crippen LogP) is 5.38. The molecule has 0 amide bonds. The molecule has 0 unspecified atom stereocenters. The van der Waals surface area contributed by atoms with Crippen LogP contribution in [0.5, 0.6) is 17.2 Å². The van der Waals surface area contributed by atoms with Crippen molar-refractivity contribution in [2.24, 2.45) is 0 Å². The maximum absolute atomic E-state index is 12.8. The molecule has 0 bridgehead atoms. The zero-order chi connectivity index (χ0) is 22.4. The fourth-order valence-corrected chi connectivity index (χ4v) is 4.86. The van der Waals surface area contributed by atoms with E-state index < -0.39 is 16.0 Å². The number of carbonyl (C=O) groups is 1. The van der Waals surface area contributed by atoms with Crippen LogP contribution in [0.1, 0.15) is 24.2 Å². The maximum atomic E-state index is 12.8. The Kier molecular flexibility index (Phi) is 7.33. The molecule has 3 aromatic rings. The second-order valence-electron chi connectivity index (χ2n) is 6.51. The van der Waals surface area contributed by atoms with Crippen molar-refractivity contribution in [1.29, 1.82) is 0 Å². The van der Waals surface area contributed by atoms with Crippen LogP contribution in [-0.4, -0.2) is 31.8 Å². The number of sulfonamides is 1. The van der Waals surface area contributed by atoms with Gasteiger partial charge < -0.3 is 9.47 Å². The summed E-state index contributed by atoms with van der Waals surface area (Å²) in [7, 11) is -3.82. The van der Waals surface area contributed by atoms with Crippen LogP contribution in [0.3, 0.4) is 0 Å². The van der Waals surface area contributed by atoms with Crippen LogP contribution >= 0.6 is 11.6 Å². The summed E-state index contributed by atoms with van der Waals surface area (Å²) < 4.78 is 38.0. The summed E-state index contributed by atoms with van der Waals surface area (Å²) in [5, 5.41) is 0.0471. The lowest BCUT2D eigenvalue weighted by Gasteiger charge is -2.19. The summed E-state index contributed by atoms with van der Waals surface area (Å²) in [5.41, 5.74) is 0.0831. The van der Waals surface area contributed by atoms with Gasteiger partial charge in [0.05, 0.1) is 10.6 Å². The molecule has 0 spiro atoms. The number of halogens is 1. The van der Waals surface area contributed by atoms with Gasteiger partial charge in [-0.05, 0) is 54.6 Å². The highest BCUT2D eigenvalue weighted by molar-refractivity contribution is 7.89. The number of para-hydroxylation sites is 1. The first-order valence-electron chi connectivity index (χ1n) is 9.70. The van der Waals surface area contributed by atoms with E-state index in [0.29, 0.717) is 30.3 Å². The van der Waals surface area contributed by atoms with Crippen molar-refractivity contribution in [2.45, 2.75) is 18.7 Å². The van der Waals surface area contributed by atoms with E-state index in [0.717, 1.165) is 0 Å². The molecule has 0 fully saturated rings. The minimum Gasteiger partial charge on any atom is -0.457 e. The van der Waals surface area contributed by atoms with Crippen LogP contribution in [0.25, 0.3) is 0 Å². The number of hydrogen-bond acceptors (Lipinski definition) is 5. The number of nitrogens with zero attached hydrogens (tertiary/aromatic N) is 1. The molecule has 0 atom stereocenters. The Morgan fingerprint density at radius 3 is 2.06 bits per heavy atom. The van der Waals surface area contributed by atoms with Crippen LogP contribution in [0.2, 0.25) is 5.02 Å². The molecule has 0 saturated carbocycles. The molecule has 162 valence electrons. The van der Waals surface area contributed by atoms with Crippen molar-refractivity contribution in [2.75, 3.05) is 13.1 Å². The van der Waals surface area contributed by atoms with Gasteiger partial charge in [-0.25, -0.2) is 13.2 Å². The normalized spacial score (nSPS) is 11.4. The largest absolute Gasteiger partial charge is 0.457 e. The third-order valence-corrected chi connectivity index (χ3v) is 7.03. The van der Waals surface area contributed by atoms with Gasteiger partial charge in [-0.3, -0.25) is 0 Å². The Labute approximate surface area is 187 Å². The van der Waals surface area contributed by atoms with Gasteiger partial charge in [0.2, 0.25) is 10.0 Å². The highest BCUT2D eigenvalue weighted by Gasteiger charge is 2.26. The fraction of sp³-hybridized carbons (Fsp3) is 0.174. The summed E-state index contributed by atoms with van der Waals surface area (Å²) >= 11 is 6.12. The molecule has 0 aromatic heterocycles. The van der Waals surface area contributed by atoms with Crippen molar-refractivity contribution in [3.63, 3.8) is 0 Å². The van der Waals surface area contributed by atoms with Gasteiger partial charge in [0.1, 0.15) is 22.1 Å². The molecule has 0 heterocycles. The highest BCUT2D eigenvalue weighted by atomic mass is 35.5. The molecule has 3 aromatic carbocycles. The van der Waals surface area contributed by atoms with Gasteiger partial charge in [-0.1, -0.05) is 43.6 Å². The smallest absolute Gasteiger partial charge is 0.343 e. The molecule has 0 aliphatic rings. The number of carbonyl (C=O) groups excluding carboxylic acids is 1. The zero-order valence-corrected chi connectivity index (χ0v) is 18.7. The highest BCUT2D eigenvalue weighted by Crippen LogP contribution is 2.27. The predicted molar refractivity (Wildman–Crippen MR) is 119 cm³/mol. The quantitative estimate of drug-likeness (QED) is 0.334. The molecule has 0 saturated heterocycles. The molecular weight excluding hydrogens is 438 g/mol. The summed E-state index contributed by atoms with van der Waals surface area (Å²) in [6.45, 7) is 4.05. The van der Waals surface area contributed by atoms with Crippen LogP contribution in [0.15, 0.2) is 77.7 Å². The average molecular weight is 460 g/mol. The van der Waals surface area contributed by atoms with E-state index in [9.17, 15) is 13.2 Å². The minimum absolute atomic E-state index is 0.0471. The van der Waals surface area contributed by atoms with E-state index in [2.05, 4.69) is 0 Å². The van der Waals surface area contributed by atoms with E-state index in [4.69, 9.17) is 21.1 Å². The van der Waals surface area contributed by atoms with Crippen molar-refractivity contribution in [1.82, 2.24) is 4.31 Å². The Balaban J connectivity index is 1.76. The first-order valence-corrected chi connectivity index (χ1v) is 11.5. The van der Waals surface area contributed by atoms with Crippen molar-refractivity contribution in [3.05, 3.63) is 83.4 Å². The summed E-state index contributed by atoms with van der Waals surface area (Å²) in [5.74, 6) is 0.887. The maximum Gasteiger partial charge on any atom is 0.343 e. The number of benzene rings is 3. The second-order valence-corrected chi connectivity index (χ2v) is 8.82. The fourth-order valence-electron chi connectivity index (χ4n) is 2.90. The SMILES string of the molecule is CCN(CC)S(=O)(=O)c1cc(C(=O)Oc2ccc(Oc3ccccc3)cc2)ccc1Cl. The number of esters is 1. The molecule has 0 aliphatic carbocycles. The summed E-state index contributed by atoms with van der Waals surface area (Å²) in [6.07, 6.45) is 0. The van der Waals surface area contributed by atoms with Gasteiger partial charge >= 0.3 is 5.97 Å². The van der Waals surface area contributed by atoms with Crippen molar-refractivity contribution in [3.8, 4) is 17.2 Å². The van der Waals surface area contributed by atoms with Crippen LogP contribution < -0.4 is 9.47 Å². The van der Waals surface area contributed by atoms with Crippen LogP contribution in [0, 0.1) is 0 Å². The summed E-state index contributed by atoms with van der Waals surface area (Å²) in [4.78, 5) is 12.5. The first kappa shape index (κ1) is 22.8. The molecular formula is C23H22ClNO5S.